The number of hydrogen-bond acceptors (Lipinski definition) is 3. The van der Waals surface area contributed by atoms with Gasteiger partial charge >= 0.3 is 5.97 Å². The summed E-state index contributed by atoms with van der Waals surface area (Å²) in [5, 5.41) is 8.79. The van der Waals surface area contributed by atoms with Crippen LogP contribution in [-0.2, 0) is 6.42 Å². The van der Waals surface area contributed by atoms with E-state index in [0.717, 1.165) is 5.69 Å². The lowest BCUT2D eigenvalue weighted by Crippen LogP contribution is -2.17. The largest absolute Gasteiger partial charge is 0.496 e. The lowest BCUT2D eigenvalue weighted by Gasteiger charge is -2.18. The summed E-state index contributed by atoms with van der Waals surface area (Å²) >= 11 is 0. The van der Waals surface area contributed by atoms with Crippen molar-refractivity contribution in [3.05, 3.63) is 23.0 Å². The minimum Gasteiger partial charge on any atom is -0.496 e. The third-order valence-corrected chi connectivity index (χ3v) is 1.89. The molecule has 0 spiro atoms. The highest BCUT2D eigenvalue weighted by Gasteiger charge is 2.25. The van der Waals surface area contributed by atoms with E-state index in [1.807, 2.05) is 0 Å². The van der Waals surface area contributed by atoms with Crippen molar-refractivity contribution in [2.24, 2.45) is 0 Å². The molecular formula is C8H7NO3. The summed E-state index contributed by atoms with van der Waals surface area (Å²) in [6, 6.07) is 1.66. The number of hydrogen-bond donors (Lipinski definition) is 1. The lowest BCUT2D eigenvalue weighted by molar-refractivity contribution is 0.0690. The molecule has 1 aromatic heterocycles. The van der Waals surface area contributed by atoms with Crippen LogP contribution in [0.2, 0.25) is 0 Å². The smallest absolute Gasteiger partial charge is 0.341 e. The van der Waals surface area contributed by atoms with E-state index >= 15 is 0 Å². The van der Waals surface area contributed by atoms with Gasteiger partial charge < -0.3 is 9.84 Å². The average molecular weight is 165 g/mol. The second-order valence-corrected chi connectivity index (χ2v) is 2.62. The van der Waals surface area contributed by atoms with Crippen molar-refractivity contribution in [1.82, 2.24) is 4.98 Å². The number of nitrogens with zero attached hydrogens (tertiary/aromatic N) is 1. The van der Waals surface area contributed by atoms with E-state index in [9.17, 15) is 4.79 Å². The molecule has 1 aliphatic heterocycles. The van der Waals surface area contributed by atoms with Crippen molar-refractivity contribution in [2.75, 3.05) is 7.11 Å². The Morgan fingerprint density at radius 2 is 2.42 bits per heavy atom. The zero-order valence-corrected chi connectivity index (χ0v) is 6.50. The Bertz CT molecular complexity index is 360. The number of carbonyl (C=O) groups is 1. The van der Waals surface area contributed by atoms with Gasteiger partial charge in [-0.05, 0) is 0 Å². The minimum absolute atomic E-state index is 0.201. The fourth-order valence-electron chi connectivity index (χ4n) is 1.32. The Kier molecular flexibility index (Phi) is 1.30. The first-order valence-electron chi connectivity index (χ1n) is 3.52. The Morgan fingerprint density at radius 3 is 2.83 bits per heavy atom. The zero-order valence-electron chi connectivity index (χ0n) is 6.50. The van der Waals surface area contributed by atoms with E-state index in [0.29, 0.717) is 17.9 Å². The minimum atomic E-state index is -0.972. The number of carboxylic acids is 1. The van der Waals surface area contributed by atoms with Gasteiger partial charge in [0.2, 0.25) is 0 Å². The standard InChI is InChI=1S/C8H7NO3/c1-12-6-3-4-2-5(9-4)7(6)8(10)11/h3H,2H2,1H3,(H,10,11). The van der Waals surface area contributed by atoms with Gasteiger partial charge in [-0.3, -0.25) is 4.98 Å². The first-order valence-corrected chi connectivity index (χ1v) is 3.52. The second-order valence-electron chi connectivity index (χ2n) is 2.62. The van der Waals surface area contributed by atoms with Gasteiger partial charge in [0.1, 0.15) is 11.3 Å². The molecule has 0 saturated heterocycles. The molecule has 0 saturated carbocycles. The number of aromatic carboxylic acids is 1. The third-order valence-electron chi connectivity index (χ3n) is 1.89. The molecule has 1 aliphatic carbocycles. The Morgan fingerprint density at radius 1 is 1.75 bits per heavy atom. The summed E-state index contributed by atoms with van der Waals surface area (Å²) in [4.78, 5) is 14.7. The molecule has 1 N–H and O–H groups in total. The maximum atomic E-state index is 10.7. The molecule has 2 bridgehead atoms. The maximum absolute atomic E-state index is 10.7. The molecular weight excluding hydrogens is 158 g/mol. The molecule has 0 unspecified atom stereocenters. The number of methoxy groups -OCH3 is 1. The van der Waals surface area contributed by atoms with Crippen molar-refractivity contribution in [3.8, 4) is 5.75 Å². The first kappa shape index (κ1) is 7.09. The average Bonchev–Trinajstić information content (AvgIpc) is 2.01. The Labute approximate surface area is 68.8 Å². The van der Waals surface area contributed by atoms with Crippen molar-refractivity contribution in [3.63, 3.8) is 0 Å². The number of fused-ring (bicyclic) bond motifs is 2. The van der Waals surface area contributed by atoms with Crippen LogP contribution in [-0.4, -0.2) is 23.2 Å². The van der Waals surface area contributed by atoms with Gasteiger partial charge in [0.25, 0.3) is 0 Å². The van der Waals surface area contributed by atoms with Crippen LogP contribution >= 0.6 is 0 Å². The predicted octanol–water partition coefficient (Wildman–Crippen LogP) is 0.693. The highest BCUT2D eigenvalue weighted by Crippen LogP contribution is 2.30. The molecule has 0 fully saturated rings. The van der Waals surface area contributed by atoms with Crippen LogP contribution in [0.1, 0.15) is 21.7 Å². The molecule has 0 aromatic carbocycles. The van der Waals surface area contributed by atoms with E-state index in [4.69, 9.17) is 9.84 Å². The van der Waals surface area contributed by atoms with Gasteiger partial charge in [-0.25, -0.2) is 4.79 Å². The van der Waals surface area contributed by atoms with Gasteiger partial charge in [-0.1, -0.05) is 0 Å². The van der Waals surface area contributed by atoms with E-state index in [1.165, 1.54) is 7.11 Å². The molecule has 4 heteroatoms. The number of carboxylic acid groups (broad SMARTS) is 1. The quantitative estimate of drug-likeness (QED) is 0.711. The molecule has 62 valence electrons. The Hall–Kier alpha value is -1.58. The monoisotopic (exact) mass is 165 g/mol. The molecule has 0 amide bonds. The van der Waals surface area contributed by atoms with Gasteiger partial charge in [0, 0.05) is 12.5 Å². The molecule has 3 rings (SSSR count). The van der Waals surface area contributed by atoms with Crippen molar-refractivity contribution in [2.45, 2.75) is 6.42 Å². The van der Waals surface area contributed by atoms with Crippen molar-refractivity contribution >= 4 is 5.97 Å². The van der Waals surface area contributed by atoms with Crippen LogP contribution in [0.4, 0.5) is 0 Å². The van der Waals surface area contributed by atoms with E-state index in [-0.39, 0.29) is 5.56 Å². The summed E-state index contributed by atoms with van der Waals surface area (Å²) in [6.45, 7) is 0. The van der Waals surface area contributed by atoms with Crippen molar-refractivity contribution < 1.29 is 14.6 Å². The van der Waals surface area contributed by atoms with Crippen LogP contribution < -0.4 is 4.74 Å². The summed E-state index contributed by atoms with van der Waals surface area (Å²) in [5.41, 5.74) is 1.72. The molecule has 2 heterocycles. The second kappa shape index (κ2) is 2.20. The number of ether oxygens (including phenoxy) is 1. The number of rotatable bonds is 2. The fraction of sp³-hybridized carbons (Fsp3) is 0.250. The van der Waals surface area contributed by atoms with E-state index < -0.39 is 5.97 Å². The summed E-state index contributed by atoms with van der Waals surface area (Å²) in [5.74, 6) is -0.561. The highest BCUT2D eigenvalue weighted by atomic mass is 16.5. The first-order chi connectivity index (χ1) is 5.72. The van der Waals surface area contributed by atoms with Gasteiger partial charge in [0.15, 0.2) is 0 Å². The highest BCUT2D eigenvalue weighted by molar-refractivity contribution is 5.93. The summed E-state index contributed by atoms with van der Waals surface area (Å²) in [7, 11) is 1.46. The third kappa shape index (κ3) is 0.777. The zero-order chi connectivity index (χ0) is 8.72. The van der Waals surface area contributed by atoms with Gasteiger partial charge in [-0.2, -0.15) is 0 Å². The fourth-order valence-corrected chi connectivity index (χ4v) is 1.32. The van der Waals surface area contributed by atoms with Crippen LogP contribution in [0.15, 0.2) is 6.07 Å². The van der Waals surface area contributed by atoms with E-state index in [2.05, 4.69) is 4.98 Å². The normalized spacial score (nSPS) is 12.1. The van der Waals surface area contributed by atoms with Crippen LogP contribution in [0, 0.1) is 0 Å². The molecule has 4 nitrogen and oxygen atoms in total. The molecule has 0 atom stereocenters. The van der Waals surface area contributed by atoms with Crippen molar-refractivity contribution in [1.29, 1.82) is 0 Å². The summed E-state index contributed by atoms with van der Waals surface area (Å²) in [6.07, 6.45) is 0.661. The SMILES string of the molecule is COc1cc2nc(c1C(=O)O)C2. The van der Waals surface area contributed by atoms with Crippen LogP contribution in [0.25, 0.3) is 0 Å². The maximum Gasteiger partial charge on any atom is 0.341 e. The lowest BCUT2D eigenvalue weighted by atomic mass is 9.99. The topological polar surface area (TPSA) is 59.4 Å². The van der Waals surface area contributed by atoms with Crippen LogP contribution in [0.5, 0.6) is 5.75 Å². The molecule has 1 aromatic rings. The van der Waals surface area contributed by atoms with Crippen LogP contribution in [0.3, 0.4) is 0 Å². The van der Waals surface area contributed by atoms with Gasteiger partial charge in [-0.15, -0.1) is 0 Å². The predicted molar refractivity (Wildman–Crippen MR) is 40.6 cm³/mol. The van der Waals surface area contributed by atoms with Gasteiger partial charge in [0.05, 0.1) is 18.5 Å². The Balaban J connectivity index is 2.59. The number of pyridine rings is 1. The number of aromatic nitrogens is 1. The summed E-state index contributed by atoms with van der Waals surface area (Å²) < 4.78 is 4.91. The molecule has 2 aliphatic rings. The molecule has 0 radical (unpaired) electrons. The molecule has 12 heavy (non-hydrogen) atoms. The van der Waals surface area contributed by atoms with E-state index in [1.54, 1.807) is 6.07 Å².